The highest BCUT2D eigenvalue weighted by Gasteiger charge is 2.11. The molecule has 4 aromatic rings. The zero-order valence-electron chi connectivity index (χ0n) is 20.4. The number of unbranched alkanes of at least 4 members (excludes halogenated alkanes) is 1. The summed E-state index contributed by atoms with van der Waals surface area (Å²) in [5, 5.41) is 25.6. The third-order valence-electron chi connectivity index (χ3n) is 6.10. The smallest absolute Gasteiger partial charge is 0.254 e. The van der Waals surface area contributed by atoms with Crippen LogP contribution in [-0.4, -0.2) is 32.9 Å². The molecule has 0 atom stereocenters. The molecule has 9 N–H and O–H groups in total. The van der Waals surface area contributed by atoms with Crippen LogP contribution in [0.25, 0.3) is 0 Å². The summed E-state index contributed by atoms with van der Waals surface area (Å²) in [6.45, 7) is 4.08. The molecule has 10 heteroatoms. The second-order valence-electron chi connectivity index (χ2n) is 8.84. The number of imidazole rings is 2. The second kappa shape index (κ2) is 11.9. The second-order valence-corrected chi connectivity index (χ2v) is 8.84. The zero-order valence-corrected chi connectivity index (χ0v) is 20.4. The van der Waals surface area contributed by atoms with E-state index >= 15 is 0 Å². The quantitative estimate of drug-likeness (QED) is 0.0660. The molecule has 2 aromatic heterocycles. The van der Waals surface area contributed by atoms with E-state index in [4.69, 9.17) is 11.5 Å². The molecular weight excluding hydrogens is 456 g/mol. The summed E-state index contributed by atoms with van der Waals surface area (Å²) < 4.78 is 6.58. The Kier molecular flexibility index (Phi) is 8.17. The van der Waals surface area contributed by atoms with E-state index < -0.39 is 0 Å². The average Bonchev–Trinajstić information content (AvgIpc) is 3.49. The van der Waals surface area contributed by atoms with Gasteiger partial charge in [-0.1, -0.05) is 0 Å². The molecule has 0 fully saturated rings. The van der Waals surface area contributed by atoms with E-state index in [1.807, 2.05) is 6.20 Å². The van der Waals surface area contributed by atoms with Crippen LogP contribution in [0.5, 0.6) is 11.5 Å². The Labute approximate surface area is 210 Å². The van der Waals surface area contributed by atoms with Crippen molar-refractivity contribution in [3.63, 3.8) is 0 Å². The normalized spacial score (nSPS) is 11.0. The van der Waals surface area contributed by atoms with E-state index in [2.05, 4.69) is 54.2 Å². The molecule has 0 bridgehead atoms. The molecule has 0 unspecified atom stereocenters. The summed E-state index contributed by atoms with van der Waals surface area (Å²) in [7, 11) is 0. The van der Waals surface area contributed by atoms with Crippen LogP contribution >= 0.6 is 0 Å². The molecule has 2 aromatic carbocycles. The number of aryl methyl sites for hydroxylation is 2. The Morgan fingerprint density at radius 1 is 0.861 bits per heavy atom. The van der Waals surface area contributed by atoms with Gasteiger partial charge in [-0.15, -0.1) is 0 Å². The van der Waals surface area contributed by atoms with Crippen molar-refractivity contribution in [3.8, 4) is 11.5 Å². The number of aromatic nitrogens is 4. The Morgan fingerprint density at radius 3 is 2.25 bits per heavy atom. The van der Waals surface area contributed by atoms with Crippen LogP contribution in [0.4, 0.5) is 22.7 Å². The van der Waals surface area contributed by atoms with E-state index in [-0.39, 0.29) is 11.5 Å². The maximum Gasteiger partial charge on any atom is 0.254 e. The molecule has 0 radical (unpaired) electrons. The van der Waals surface area contributed by atoms with Gasteiger partial charge in [-0.3, -0.25) is 0 Å². The van der Waals surface area contributed by atoms with Crippen LogP contribution < -0.4 is 31.2 Å². The molecule has 0 aliphatic carbocycles. The third kappa shape index (κ3) is 6.84. The lowest BCUT2D eigenvalue weighted by atomic mass is 10.2. The molecule has 0 aliphatic rings. The maximum atomic E-state index is 9.48. The van der Waals surface area contributed by atoms with Crippen LogP contribution in [-0.2, 0) is 26.1 Å². The number of rotatable bonds is 13. The number of anilines is 4. The van der Waals surface area contributed by atoms with E-state index in [1.165, 1.54) is 5.82 Å². The standard InChI is InChI=1S/C26H34N8O2/c27-22-17-20(35)4-6-24(22)29-8-12-33-16-15-32(19-33)11-2-1-3-26-31-10-14-34(26)13-9-30-25-7-5-21(36)18-23(25)28/h4-7,10,14-19,29-30H,1-3,8-9,11-13,27-28H2,(H-,35,36)/p+2. The van der Waals surface area contributed by atoms with Crippen LogP contribution in [0.1, 0.15) is 18.7 Å². The molecule has 36 heavy (non-hydrogen) atoms. The molecule has 0 spiro atoms. The van der Waals surface area contributed by atoms with Gasteiger partial charge in [-0.05, 0) is 37.1 Å². The van der Waals surface area contributed by atoms with Crippen molar-refractivity contribution in [2.75, 3.05) is 35.2 Å². The number of phenolic OH excluding ortho intramolecular Hbond substituents is 2. The average molecular weight is 493 g/mol. The number of nitrogens with one attached hydrogen (secondary N) is 3. The van der Waals surface area contributed by atoms with Crippen LogP contribution in [0.3, 0.4) is 0 Å². The van der Waals surface area contributed by atoms with Gasteiger partial charge in [0, 0.05) is 18.6 Å². The Hall–Kier alpha value is -4.34. The lowest BCUT2D eigenvalue weighted by molar-refractivity contribution is -0.701. The highest BCUT2D eigenvalue weighted by atomic mass is 16.3. The number of nitrogens with zero attached hydrogens (tertiary/aromatic N) is 3. The number of aromatic hydroxyl groups is 2. The molecular formula is C26H36N8O2+2. The predicted octanol–water partition coefficient (Wildman–Crippen LogP) is 2.21. The maximum absolute atomic E-state index is 9.48. The van der Waals surface area contributed by atoms with Crippen molar-refractivity contribution in [1.82, 2.24) is 9.55 Å². The highest BCUT2D eigenvalue weighted by Crippen LogP contribution is 2.23. The van der Waals surface area contributed by atoms with Gasteiger partial charge in [0.05, 0.1) is 42.4 Å². The van der Waals surface area contributed by atoms with Crippen molar-refractivity contribution < 1.29 is 19.3 Å². The van der Waals surface area contributed by atoms with Crippen molar-refractivity contribution >= 4 is 22.7 Å². The Morgan fingerprint density at radius 2 is 1.56 bits per heavy atom. The van der Waals surface area contributed by atoms with E-state index in [1.54, 1.807) is 36.4 Å². The molecule has 2 heterocycles. The van der Waals surface area contributed by atoms with E-state index in [0.717, 1.165) is 63.4 Å². The van der Waals surface area contributed by atoms with Gasteiger partial charge < -0.3 is 32.3 Å². The summed E-state index contributed by atoms with van der Waals surface area (Å²) in [5.41, 5.74) is 14.6. The fourth-order valence-electron chi connectivity index (χ4n) is 4.16. The molecule has 0 saturated heterocycles. The van der Waals surface area contributed by atoms with E-state index in [9.17, 15) is 10.2 Å². The first-order valence-corrected chi connectivity index (χ1v) is 12.2. The molecule has 0 amide bonds. The van der Waals surface area contributed by atoms with Crippen LogP contribution in [0, 0.1) is 0 Å². The van der Waals surface area contributed by atoms with Crippen LogP contribution in [0.2, 0.25) is 0 Å². The van der Waals surface area contributed by atoms with Gasteiger partial charge in [0.1, 0.15) is 49.4 Å². The van der Waals surface area contributed by atoms with E-state index in [0.29, 0.717) is 11.4 Å². The lowest BCUT2D eigenvalue weighted by Gasteiger charge is -2.09. The third-order valence-corrected chi connectivity index (χ3v) is 6.10. The molecule has 0 aliphatic heterocycles. The van der Waals surface area contributed by atoms with Gasteiger partial charge in [0.25, 0.3) is 5.82 Å². The van der Waals surface area contributed by atoms with Crippen molar-refractivity contribution in [2.45, 2.75) is 38.9 Å². The first kappa shape index (κ1) is 24.8. The fraction of sp³-hybridized carbons (Fsp3) is 0.308. The minimum absolute atomic E-state index is 0.170. The van der Waals surface area contributed by atoms with Crippen molar-refractivity contribution in [3.05, 3.63) is 73.3 Å². The Bertz CT molecular complexity index is 1270. The monoisotopic (exact) mass is 492 g/mol. The molecule has 4 rings (SSSR count). The fourth-order valence-corrected chi connectivity index (χ4v) is 4.16. The Balaban J connectivity index is 1.15. The number of nitrogens with two attached hydrogens (primary N) is 2. The lowest BCUT2D eigenvalue weighted by Crippen LogP contribution is -2.39. The van der Waals surface area contributed by atoms with Gasteiger partial charge in [-0.25, -0.2) is 18.7 Å². The number of phenols is 2. The minimum Gasteiger partial charge on any atom is -0.508 e. The largest absolute Gasteiger partial charge is 0.508 e. The first-order valence-electron chi connectivity index (χ1n) is 12.2. The highest BCUT2D eigenvalue weighted by molar-refractivity contribution is 5.68. The number of hydrogen-bond donors (Lipinski definition) is 7. The number of nitrogen functional groups attached to an aromatic ring is 2. The SMILES string of the molecule is Nc1cc(O)ccc1NCCn1cc[n+](CCCCc2[nH]cc[n+]2CCNc2ccc(O)cc2N)c1. The minimum atomic E-state index is 0.170. The van der Waals surface area contributed by atoms with Gasteiger partial charge in [0.2, 0.25) is 6.33 Å². The molecule has 10 nitrogen and oxygen atoms in total. The number of benzene rings is 2. The van der Waals surface area contributed by atoms with Crippen molar-refractivity contribution in [1.29, 1.82) is 0 Å². The topological polar surface area (TPSA) is 145 Å². The first-order chi connectivity index (χ1) is 17.5. The van der Waals surface area contributed by atoms with Crippen molar-refractivity contribution in [2.24, 2.45) is 0 Å². The number of aromatic amines is 1. The summed E-state index contributed by atoms with van der Waals surface area (Å²) in [6.07, 6.45) is 13.5. The van der Waals surface area contributed by atoms with Gasteiger partial charge in [-0.2, -0.15) is 0 Å². The van der Waals surface area contributed by atoms with Gasteiger partial charge in [0.15, 0.2) is 0 Å². The predicted molar refractivity (Wildman–Crippen MR) is 141 cm³/mol. The summed E-state index contributed by atoms with van der Waals surface area (Å²) in [5.74, 6) is 1.55. The number of hydrogen-bond acceptors (Lipinski definition) is 6. The number of H-pyrrole nitrogens is 1. The van der Waals surface area contributed by atoms with Crippen LogP contribution in [0.15, 0.2) is 67.5 Å². The molecule has 0 saturated carbocycles. The summed E-state index contributed by atoms with van der Waals surface area (Å²) in [6, 6.07) is 9.93. The summed E-state index contributed by atoms with van der Waals surface area (Å²) in [4.78, 5) is 3.36. The van der Waals surface area contributed by atoms with Gasteiger partial charge >= 0.3 is 0 Å². The summed E-state index contributed by atoms with van der Waals surface area (Å²) >= 11 is 0. The zero-order chi connectivity index (χ0) is 25.3. The molecule has 190 valence electrons.